The van der Waals surface area contributed by atoms with Gasteiger partial charge >= 0.3 is 0 Å². The summed E-state index contributed by atoms with van der Waals surface area (Å²) in [5, 5.41) is 6.84. The van der Waals surface area contributed by atoms with E-state index in [0.717, 1.165) is 32.9 Å². The van der Waals surface area contributed by atoms with Crippen molar-refractivity contribution in [3.05, 3.63) is 73.3 Å². The van der Waals surface area contributed by atoms with Gasteiger partial charge in [0.1, 0.15) is 0 Å². The molecule has 0 saturated carbocycles. The maximum absolute atomic E-state index is 5.73. The van der Waals surface area contributed by atoms with Crippen LogP contribution in [0, 0.1) is 0 Å². The van der Waals surface area contributed by atoms with Crippen molar-refractivity contribution >= 4 is 73.5 Å². The number of fused-ring (bicyclic) bond motifs is 2. The van der Waals surface area contributed by atoms with Crippen LogP contribution >= 0.6 is 35.4 Å². The molecule has 4 aromatic rings. The van der Waals surface area contributed by atoms with Crippen LogP contribution in [0.5, 0.6) is 0 Å². The maximum atomic E-state index is 5.73. The van der Waals surface area contributed by atoms with Crippen LogP contribution in [-0.2, 0) is 0 Å². The molecule has 0 spiro atoms. The van der Waals surface area contributed by atoms with Gasteiger partial charge in [0.05, 0.1) is 16.2 Å². The third-order valence-corrected chi connectivity index (χ3v) is 3.63. The quantitative estimate of drug-likeness (QED) is 0.155. The molecule has 0 unspecified atom stereocenters. The molecule has 0 aliphatic carbocycles. The zero-order valence-electron chi connectivity index (χ0n) is 14.2. The Labute approximate surface area is 180 Å². The second-order valence-electron chi connectivity index (χ2n) is 5.12. The van der Waals surface area contributed by atoms with E-state index in [-0.39, 0.29) is 12.8 Å². The summed E-state index contributed by atoms with van der Waals surface area (Å²) >= 11 is 14.1. The predicted octanol–water partition coefficient (Wildman–Crippen LogP) is 6.84. The van der Waals surface area contributed by atoms with Crippen LogP contribution in [-0.4, -0.2) is 20.5 Å². The van der Waals surface area contributed by atoms with Crippen molar-refractivity contribution in [3.63, 3.8) is 0 Å². The minimum absolute atomic E-state index is 0. The summed E-state index contributed by atoms with van der Waals surface area (Å²) in [6.07, 6.45) is 7.10. The Hall–Kier alpha value is -2.56. The lowest BCUT2D eigenvalue weighted by molar-refractivity contribution is 1.36. The van der Waals surface area contributed by atoms with Crippen LogP contribution in [0.1, 0.15) is 7.43 Å². The molecular formula is C21H20Cl2N4S. The molecule has 4 rings (SSSR count). The minimum Gasteiger partial charge on any atom is -0.398 e. The third kappa shape index (κ3) is 6.55. The van der Waals surface area contributed by atoms with Gasteiger partial charge in [-0.3, -0.25) is 9.97 Å². The molecule has 0 amide bonds. The second kappa shape index (κ2) is 12.8. The van der Waals surface area contributed by atoms with Gasteiger partial charge in [-0.15, -0.1) is 23.2 Å². The monoisotopic (exact) mass is 430 g/mol. The Morgan fingerprint density at radius 1 is 0.893 bits per heavy atom. The van der Waals surface area contributed by atoms with Crippen LogP contribution in [0.25, 0.3) is 21.5 Å². The van der Waals surface area contributed by atoms with Gasteiger partial charge < -0.3 is 5.73 Å². The smallest absolute Gasteiger partial charge is 0.0967 e. The Kier molecular flexibility index (Phi) is 10.7. The number of nitrogens with two attached hydrogens (primary N) is 1. The average molecular weight is 431 g/mol. The molecule has 0 fully saturated rings. The maximum Gasteiger partial charge on any atom is 0.0967 e. The highest BCUT2D eigenvalue weighted by Crippen LogP contribution is 2.24. The molecule has 0 radical (unpaired) electrons. The molecular weight excluding hydrogens is 411 g/mol. The molecule has 28 heavy (non-hydrogen) atoms. The van der Waals surface area contributed by atoms with Gasteiger partial charge in [-0.2, -0.15) is 4.99 Å². The highest BCUT2D eigenvalue weighted by atomic mass is 35.5. The fraction of sp³-hybridized carbons (Fsp3) is 0.0952. The number of aliphatic imine (C=N–C) groups is 1. The standard InChI is InChI=1S/C10H6N2S.C9H8N2.CH2Cl2.CH4/c13-7-12-10-3-1-2-8-6-11-5-4-9(8)10;10-9-3-1-2-7-6-11-5-4-8(7)9;2-1-3;/h1-6H;1-6H,10H2;1H2;1H4. The van der Waals surface area contributed by atoms with Crippen molar-refractivity contribution in [2.45, 2.75) is 7.43 Å². The normalized spacial score (nSPS) is 9.07. The first-order chi connectivity index (χ1) is 13.2. The molecule has 0 aliphatic rings. The summed E-state index contributed by atoms with van der Waals surface area (Å²) in [7, 11) is 0. The van der Waals surface area contributed by atoms with Crippen molar-refractivity contribution in [2.24, 2.45) is 4.99 Å². The van der Waals surface area contributed by atoms with E-state index < -0.39 is 0 Å². The summed E-state index contributed by atoms with van der Waals surface area (Å²) < 4.78 is 0. The van der Waals surface area contributed by atoms with Crippen molar-refractivity contribution in [1.82, 2.24) is 9.97 Å². The van der Waals surface area contributed by atoms with E-state index in [1.54, 1.807) is 18.6 Å². The predicted molar refractivity (Wildman–Crippen MR) is 126 cm³/mol. The molecule has 7 heteroatoms. The van der Waals surface area contributed by atoms with E-state index in [2.05, 4.69) is 32.3 Å². The van der Waals surface area contributed by atoms with Crippen LogP contribution in [0.15, 0.2) is 78.3 Å². The summed E-state index contributed by atoms with van der Waals surface area (Å²) in [6.45, 7) is 0. The van der Waals surface area contributed by atoms with E-state index >= 15 is 0 Å². The first kappa shape index (κ1) is 23.5. The highest BCUT2D eigenvalue weighted by molar-refractivity contribution is 7.78. The van der Waals surface area contributed by atoms with Crippen LogP contribution in [0.3, 0.4) is 0 Å². The minimum atomic E-state index is 0. The number of benzene rings is 2. The summed E-state index contributed by atoms with van der Waals surface area (Å²) in [6, 6.07) is 15.5. The Balaban J connectivity index is 0.000000241. The van der Waals surface area contributed by atoms with Gasteiger partial charge in [0.2, 0.25) is 0 Å². The second-order valence-corrected chi connectivity index (χ2v) is 6.11. The third-order valence-electron chi connectivity index (χ3n) is 3.54. The first-order valence-corrected chi connectivity index (χ1v) is 9.29. The number of hydrogen-bond acceptors (Lipinski definition) is 5. The number of anilines is 1. The molecule has 2 aromatic heterocycles. The summed E-state index contributed by atoms with van der Waals surface area (Å²) in [4.78, 5) is 12.0. The zero-order valence-corrected chi connectivity index (χ0v) is 16.5. The van der Waals surface area contributed by atoms with Gasteiger partial charge in [-0.1, -0.05) is 31.7 Å². The number of rotatable bonds is 1. The number of hydrogen-bond donors (Lipinski definition) is 1. The van der Waals surface area contributed by atoms with Crippen molar-refractivity contribution in [3.8, 4) is 0 Å². The Bertz CT molecular complexity index is 1060. The van der Waals surface area contributed by atoms with Crippen molar-refractivity contribution in [2.75, 3.05) is 11.1 Å². The van der Waals surface area contributed by atoms with E-state index in [1.165, 1.54) is 0 Å². The lowest BCUT2D eigenvalue weighted by Gasteiger charge is -1.98. The molecule has 0 atom stereocenters. The molecule has 2 aromatic carbocycles. The number of aromatic nitrogens is 2. The average Bonchev–Trinajstić information content (AvgIpc) is 2.70. The Morgan fingerprint density at radius 2 is 1.43 bits per heavy atom. The molecule has 4 nitrogen and oxygen atoms in total. The van der Waals surface area contributed by atoms with Gasteiger partial charge in [0.25, 0.3) is 0 Å². The number of alkyl halides is 2. The first-order valence-electron chi connectivity index (χ1n) is 7.82. The van der Waals surface area contributed by atoms with Crippen molar-refractivity contribution in [1.29, 1.82) is 0 Å². The fourth-order valence-corrected chi connectivity index (χ4v) is 2.50. The number of thiocarbonyl (C=S) groups is 1. The SMILES string of the molecule is C.ClCCl.Nc1cccc2cnccc12.S=C=Nc1cccc2cnccc12. The van der Waals surface area contributed by atoms with E-state index in [4.69, 9.17) is 28.9 Å². The molecule has 2 heterocycles. The van der Waals surface area contributed by atoms with Gasteiger partial charge in [0, 0.05) is 52.0 Å². The molecule has 0 saturated heterocycles. The number of halogens is 2. The van der Waals surface area contributed by atoms with Crippen LogP contribution < -0.4 is 5.73 Å². The van der Waals surface area contributed by atoms with E-state index in [1.807, 2.05) is 54.7 Å². The number of isothiocyanates is 1. The summed E-state index contributed by atoms with van der Waals surface area (Å²) in [5.74, 6) is 0. The van der Waals surface area contributed by atoms with Crippen LogP contribution in [0.4, 0.5) is 11.4 Å². The highest BCUT2D eigenvalue weighted by Gasteiger charge is 1.97. The summed E-state index contributed by atoms with van der Waals surface area (Å²) in [5.41, 5.74) is 7.38. The lowest BCUT2D eigenvalue weighted by atomic mass is 10.1. The fourth-order valence-electron chi connectivity index (χ4n) is 2.40. The largest absolute Gasteiger partial charge is 0.398 e. The number of nitrogens with zero attached hydrogens (tertiary/aromatic N) is 3. The number of pyridine rings is 2. The molecule has 0 aliphatic heterocycles. The van der Waals surface area contributed by atoms with Crippen LogP contribution in [0.2, 0.25) is 0 Å². The topological polar surface area (TPSA) is 64.2 Å². The molecule has 0 bridgehead atoms. The zero-order chi connectivity index (χ0) is 19.5. The molecule has 2 N–H and O–H groups in total. The number of nitrogen functional groups attached to an aromatic ring is 1. The van der Waals surface area contributed by atoms with E-state index in [0.29, 0.717) is 0 Å². The Morgan fingerprint density at radius 3 is 2.00 bits per heavy atom. The lowest BCUT2D eigenvalue weighted by Crippen LogP contribution is -1.85. The van der Waals surface area contributed by atoms with Gasteiger partial charge in [0.15, 0.2) is 0 Å². The van der Waals surface area contributed by atoms with Crippen molar-refractivity contribution < 1.29 is 0 Å². The van der Waals surface area contributed by atoms with Gasteiger partial charge in [-0.05, 0) is 36.5 Å². The molecule has 144 valence electrons. The van der Waals surface area contributed by atoms with E-state index in [9.17, 15) is 0 Å². The van der Waals surface area contributed by atoms with Gasteiger partial charge in [-0.25, -0.2) is 0 Å².